The Morgan fingerprint density at radius 2 is 1.40 bits per heavy atom. The summed E-state index contributed by atoms with van der Waals surface area (Å²) in [4.78, 5) is 0. The van der Waals surface area contributed by atoms with Crippen LogP contribution in [0.4, 0.5) is 0 Å². The summed E-state index contributed by atoms with van der Waals surface area (Å²) in [6.45, 7) is 17.3. The topological polar surface area (TPSA) is 18.5 Å². The standard InChI is InChI=1S/C12H26O2Si/c1-8-13-15(14-9-2)10(3)11(4,5)12(15,6)7/h10H,8-9H2,1-7H3. The van der Waals surface area contributed by atoms with Gasteiger partial charge in [-0.05, 0) is 19.3 Å². The lowest BCUT2D eigenvalue weighted by Crippen LogP contribution is -2.72. The van der Waals surface area contributed by atoms with Crippen LogP contribution in [0.1, 0.15) is 48.5 Å². The summed E-state index contributed by atoms with van der Waals surface area (Å²) in [5.41, 5.74) is 0.892. The molecule has 0 N–H and O–H groups in total. The Morgan fingerprint density at radius 1 is 1.00 bits per heavy atom. The molecular formula is C12H26O2Si. The normalized spacial score (nSPS) is 31.0. The zero-order valence-corrected chi connectivity index (χ0v) is 12.3. The molecule has 0 amide bonds. The van der Waals surface area contributed by atoms with Crippen LogP contribution >= 0.6 is 0 Å². The first kappa shape index (κ1) is 13.2. The van der Waals surface area contributed by atoms with Crippen LogP contribution in [-0.2, 0) is 8.85 Å². The molecule has 1 rings (SSSR count). The molecule has 0 radical (unpaired) electrons. The summed E-state index contributed by atoms with van der Waals surface area (Å²) in [6.07, 6.45) is 0. The second-order valence-electron chi connectivity index (χ2n) is 5.60. The average molecular weight is 230 g/mol. The van der Waals surface area contributed by atoms with Gasteiger partial charge < -0.3 is 8.85 Å². The lowest BCUT2D eigenvalue weighted by Gasteiger charge is -2.67. The molecule has 1 unspecified atom stereocenters. The van der Waals surface area contributed by atoms with Gasteiger partial charge in [0.25, 0.3) is 0 Å². The minimum absolute atomic E-state index is 0.200. The van der Waals surface area contributed by atoms with E-state index in [0.717, 1.165) is 13.2 Å². The van der Waals surface area contributed by atoms with Crippen molar-refractivity contribution in [3.05, 3.63) is 0 Å². The second-order valence-corrected chi connectivity index (χ2v) is 9.63. The highest BCUT2D eigenvalue weighted by Gasteiger charge is 2.75. The van der Waals surface area contributed by atoms with E-state index in [1.165, 1.54) is 0 Å². The zero-order valence-electron chi connectivity index (χ0n) is 11.3. The van der Waals surface area contributed by atoms with Gasteiger partial charge in [-0.25, -0.2) is 0 Å². The molecule has 1 fully saturated rings. The fourth-order valence-electron chi connectivity index (χ4n) is 3.01. The third-order valence-electron chi connectivity index (χ3n) is 4.85. The molecular weight excluding hydrogens is 204 g/mol. The summed E-state index contributed by atoms with van der Waals surface area (Å²) in [5.74, 6) is 0. The molecule has 2 nitrogen and oxygen atoms in total. The van der Waals surface area contributed by atoms with Crippen molar-refractivity contribution in [3.8, 4) is 0 Å². The largest absolute Gasteiger partial charge is 0.394 e. The van der Waals surface area contributed by atoms with Crippen molar-refractivity contribution in [2.75, 3.05) is 13.2 Å². The van der Waals surface area contributed by atoms with E-state index in [0.29, 0.717) is 11.0 Å². The van der Waals surface area contributed by atoms with Crippen LogP contribution in [0.3, 0.4) is 0 Å². The summed E-state index contributed by atoms with van der Waals surface area (Å²) in [6, 6.07) is 0. The molecule has 0 aliphatic carbocycles. The van der Waals surface area contributed by atoms with Gasteiger partial charge in [-0.2, -0.15) is 0 Å². The van der Waals surface area contributed by atoms with Crippen LogP contribution in [0.25, 0.3) is 0 Å². The predicted molar refractivity (Wildman–Crippen MR) is 66.3 cm³/mol. The molecule has 0 bridgehead atoms. The number of hydrogen-bond acceptors (Lipinski definition) is 2. The maximum atomic E-state index is 6.09. The van der Waals surface area contributed by atoms with Gasteiger partial charge in [-0.15, -0.1) is 0 Å². The molecule has 1 aliphatic heterocycles. The van der Waals surface area contributed by atoms with Gasteiger partial charge in [0, 0.05) is 23.8 Å². The Balaban J connectivity index is 3.00. The Bertz CT molecular complexity index is 230. The van der Waals surface area contributed by atoms with Crippen LogP contribution in [-0.4, -0.2) is 21.8 Å². The Kier molecular flexibility index (Phi) is 3.40. The van der Waals surface area contributed by atoms with E-state index in [4.69, 9.17) is 8.85 Å². The highest BCUT2D eigenvalue weighted by molar-refractivity contribution is 6.75. The van der Waals surface area contributed by atoms with Crippen molar-refractivity contribution in [1.29, 1.82) is 0 Å². The molecule has 0 spiro atoms. The smallest absolute Gasteiger partial charge is 0.348 e. The third-order valence-corrected chi connectivity index (χ3v) is 10.5. The van der Waals surface area contributed by atoms with E-state index in [1.54, 1.807) is 0 Å². The first-order valence-electron chi connectivity index (χ1n) is 6.05. The predicted octanol–water partition coefficient (Wildman–Crippen LogP) is 3.71. The van der Waals surface area contributed by atoms with Crippen LogP contribution in [0.2, 0.25) is 10.6 Å². The zero-order chi connectivity index (χ0) is 11.9. The van der Waals surface area contributed by atoms with Crippen LogP contribution in [0.5, 0.6) is 0 Å². The van der Waals surface area contributed by atoms with Gasteiger partial charge in [0.1, 0.15) is 0 Å². The fourth-order valence-corrected chi connectivity index (χ4v) is 8.45. The van der Waals surface area contributed by atoms with Crippen molar-refractivity contribution < 1.29 is 8.85 Å². The van der Waals surface area contributed by atoms with Gasteiger partial charge in [0.05, 0.1) is 0 Å². The average Bonchev–Trinajstić information content (AvgIpc) is 2.15. The minimum Gasteiger partial charge on any atom is -0.394 e. The lowest BCUT2D eigenvalue weighted by molar-refractivity contribution is 0.0288. The minimum atomic E-state index is -2.01. The van der Waals surface area contributed by atoms with Crippen LogP contribution in [0, 0.1) is 5.41 Å². The van der Waals surface area contributed by atoms with E-state index < -0.39 is 8.56 Å². The highest BCUT2D eigenvalue weighted by atomic mass is 28.4. The molecule has 90 valence electrons. The van der Waals surface area contributed by atoms with Gasteiger partial charge in [-0.3, -0.25) is 0 Å². The Hall–Kier alpha value is 0.137. The lowest BCUT2D eigenvalue weighted by atomic mass is 9.75. The summed E-state index contributed by atoms with van der Waals surface area (Å²) in [5, 5.41) is 0.200. The first-order valence-corrected chi connectivity index (χ1v) is 7.95. The van der Waals surface area contributed by atoms with Crippen molar-refractivity contribution in [3.63, 3.8) is 0 Å². The van der Waals surface area contributed by atoms with Gasteiger partial charge in [-0.1, -0.05) is 34.6 Å². The van der Waals surface area contributed by atoms with Gasteiger partial charge in [0.2, 0.25) is 0 Å². The molecule has 1 saturated heterocycles. The SMILES string of the molecule is CCO[Si]1(OCC)C(C)C(C)(C)C1(C)C. The quantitative estimate of drug-likeness (QED) is 0.685. The molecule has 0 aromatic carbocycles. The second kappa shape index (κ2) is 3.86. The van der Waals surface area contributed by atoms with E-state index in [1.807, 2.05) is 0 Å². The Labute approximate surface area is 95.6 Å². The molecule has 1 aliphatic rings. The molecule has 1 atom stereocenters. The van der Waals surface area contributed by atoms with Crippen molar-refractivity contribution in [1.82, 2.24) is 0 Å². The molecule has 0 aromatic rings. The van der Waals surface area contributed by atoms with E-state index in [9.17, 15) is 0 Å². The summed E-state index contributed by atoms with van der Waals surface area (Å²) in [7, 11) is -2.01. The van der Waals surface area contributed by atoms with Crippen LogP contribution in [0.15, 0.2) is 0 Å². The van der Waals surface area contributed by atoms with Gasteiger partial charge >= 0.3 is 8.56 Å². The van der Waals surface area contributed by atoms with Crippen molar-refractivity contribution in [2.24, 2.45) is 5.41 Å². The molecule has 1 heterocycles. The summed E-state index contributed by atoms with van der Waals surface area (Å²) < 4.78 is 12.2. The summed E-state index contributed by atoms with van der Waals surface area (Å²) >= 11 is 0. The third kappa shape index (κ3) is 1.43. The maximum Gasteiger partial charge on any atom is 0.348 e. The molecule has 0 saturated carbocycles. The molecule has 3 heteroatoms. The highest BCUT2D eigenvalue weighted by Crippen LogP contribution is 2.73. The molecule has 0 aromatic heterocycles. The molecule has 15 heavy (non-hydrogen) atoms. The van der Waals surface area contributed by atoms with Crippen molar-refractivity contribution in [2.45, 2.75) is 59.0 Å². The van der Waals surface area contributed by atoms with Gasteiger partial charge in [0.15, 0.2) is 0 Å². The monoisotopic (exact) mass is 230 g/mol. The van der Waals surface area contributed by atoms with E-state index in [-0.39, 0.29) is 5.04 Å². The first-order chi connectivity index (χ1) is 6.78. The number of rotatable bonds is 4. The maximum absolute atomic E-state index is 6.09. The van der Waals surface area contributed by atoms with E-state index in [2.05, 4.69) is 48.5 Å². The fraction of sp³-hybridized carbons (Fsp3) is 1.00. The van der Waals surface area contributed by atoms with Crippen molar-refractivity contribution >= 4 is 8.56 Å². The number of hydrogen-bond donors (Lipinski definition) is 0. The Morgan fingerprint density at radius 3 is 1.67 bits per heavy atom. The van der Waals surface area contributed by atoms with Crippen LogP contribution < -0.4 is 0 Å². The van der Waals surface area contributed by atoms with E-state index >= 15 is 0 Å².